The summed E-state index contributed by atoms with van der Waals surface area (Å²) in [6, 6.07) is 13.0. The van der Waals surface area contributed by atoms with Gasteiger partial charge in [0.2, 0.25) is 0 Å². The van der Waals surface area contributed by atoms with Gasteiger partial charge < -0.3 is 10.6 Å². The Labute approximate surface area is 148 Å². The average molecular weight is 357 g/mol. The summed E-state index contributed by atoms with van der Waals surface area (Å²) < 4.78 is 0. The van der Waals surface area contributed by atoms with E-state index in [0.29, 0.717) is 0 Å². The van der Waals surface area contributed by atoms with Crippen molar-refractivity contribution in [2.24, 2.45) is 0 Å². The first kappa shape index (κ1) is 18.0. The van der Waals surface area contributed by atoms with Crippen LogP contribution in [-0.4, -0.2) is 10.8 Å². The second-order valence-corrected chi connectivity index (χ2v) is 5.41. The fourth-order valence-electron chi connectivity index (χ4n) is 1.96. The quantitative estimate of drug-likeness (QED) is 0.364. The van der Waals surface area contributed by atoms with Gasteiger partial charge in [-0.05, 0) is 30.7 Å². The van der Waals surface area contributed by atoms with Crippen LogP contribution in [0.1, 0.15) is 5.56 Å². The Morgan fingerprint density at radius 2 is 2.04 bits per heavy atom. The molecule has 0 saturated carbocycles. The Kier molecular flexibility index (Phi) is 5.71. The summed E-state index contributed by atoms with van der Waals surface area (Å²) in [4.78, 5) is 22.4. The summed E-state index contributed by atoms with van der Waals surface area (Å²) in [6.45, 7) is 1.88. The lowest BCUT2D eigenvalue weighted by Crippen LogP contribution is -2.14. The molecule has 2 aromatic carbocycles. The number of para-hydroxylation sites is 1. The number of aryl methyl sites for hydroxylation is 1. The minimum atomic E-state index is -0.694. The molecule has 1 amide bonds. The molecule has 0 fully saturated rings. The molecule has 8 heteroatoms. The monoisotopic (exact) mass is 356 g/mol. The van der Waals surface area contributed by atoms with Gasteiger partial charge in [-0.1, -0.05) is 29.8 Å². The molecule has 0 bridgehead atoms. The third kappa shape index (κ3) is 4.56. The Hall–Kier alpha value is -3.37. The van der Waals surface area contributed by atoms with Crippen LogP contribution in [-0.2, 0) is 4.79 Å². The fraction of sp³-hybridized carbons (Fsp3) is 0.0588. The van der Waals surface area contributed by atoms with Crippen molar-refractivity contribution in [1.82, 2.24) is 0 Å². The number of rotatable bonds is 5. The van der Waals surface area contributed by atoms with Crippen molar-refractivity contribution in [2.75, 3.05) is 10.6 Å². The van der Waals surface area contributed by atoms with Crippen LogP contribution in [0.3, 0.4) is 0 Å². The van der Waals surface area contributed by atoms with Gasteiger partial charge in [0, 0.05) is 23.6 Å². The number of hydrogen-bond donors (Lipinski definition) is 2. The van der Waals surface area contributed by atoms with E-state index in [9.17, 15) is 14.9 Å². The van der Waals surface area contributed by atoms with Crippen molar-refractivity contribution in [1.29, 1.82) is 5.26 Å². The van der Waals surface area contributed by atoms with Crippen LogP contribution < -0.4 is 10.6 Å². The highest BCUT2D eigenvalue weighted by Crippen LogP contribution is 2.27. The lowest BCUT2D eigenvalue weighted by molar-refractivity contribution is -0.384. The molecule has 0 unspecified atom stereocenters. The van der Waals surface area contributed by atoms with Gasteiger partial charge in [-0.25, -0.2) is 0 Å². The maximum atomic E-state index is 12.2. The Balaban J connectivity index is 2.17. The van der Waals surface area contributed by atoms with Crippen molar-refractivity contribution >= 4 is 34.6 Å². The van der Waals surface area contributed by atoms with E-state index in [2.05, 4.69) is 10.6 Å². The van der Waals surface area contributed by atoms with Crippen LogP contribution in [0.4, 0.5) is 17.1 Å². The lowest BCUT2D eigenvalue weighted by Gasteiger charge is -2.07. The number of carbonyl (C=O) groups excluding carboxylic acids is 1. The number of nitrogens with zero attached hydrogens (tertiary/aromatic N) is 2. The van der Waals surface area contributed by atoms with E-state index in [1.165, 1.54) is 18.3 Å². The van der Waals surface area contributed by atoms with E-state index in [4.69, 9.17) is 16.9 Å². The number of amides is 1. The summed E-state index contributed by atoms with van der Waals surface area (Å²) in [7, 11) is 0. The molecule has 0 saturated heterocycles. The third-order valence-electron chi connectivity index (χ3n) is 3.28. The third-order valence-corrected chi connectivity index (χ3v) is 3.60. The number of nitro benzene ring substituents is 1. The number of nitro groups is 1. The maximum absolute atomic E-state index is 12.2. The van der Waals surface area contributed by atoms with Crippen LogP contribution in [0.5, 0.6) is 0 Å². The average Bonchev–Trinajstić information content (AvgIpc) is 2.58. The molecule has 2 rings (SSSR count). The molecule has 0 aromatic heterocycles. The Bertz CT molecular complexity index is 903. The van der Waals surface area contributed by atoms with Crippen LogP contribution in [0.2, 0.25) is 5.02 Å². The normalized spacial score (nSPS) is 10.7. The molecule has 126 valence electrons. The molecule has 2 aromatic rings. The van der Waals surface area contributed by atoms with Gasteiger partial charge in [-0.15, -0.1) is 0 Å². The van der Waals surface area contributed by atoms with Gasteiger partial charge in [-0.3, -0.25) is 14.9 Å². The SMILES string of the molecule is Cc1ccccc1N/C=C(/C#N)C(=O)Nc1ccc(Cl)c([N+](=O)[O-])c1. The summed E-state index contributed by atoms with van der Waals surface area (Å²) >= 11 is 5.72. The van der Waals surface area contributed by atoms with Gasteiger partial charge in [0.15, 0.2) is 0 Å². The highest BCUT2D eigenvalue weighted by Gasteiger charge is 2.15. The summed E-state index contributed by atoms with van der Waals surface area (Å²) in [5, 5.41) is 25.3. The molecule has 0 heterocycles. The molecule has 25 heavy (non-hydrogen) atoms. The number of anilines is 2. The Morgan fingerprint density at radius 3 is 2.68 bits per heavy atom. The largest absolute Gasteiger partial charge is 0.360 e. The zero-order valence-electron chi connectivity index (χ0n) is 13.1. The van der Waals surface area contributed by atoms with Crippen molar-refractivity contribution in [3.05, 3.63) is 74.9 Å². The lowest BCUT2D eigenvalue weighted by atomic mass is 10.2. The van der Waals surface area contributed by atoms with Gasteiger partial charge in [-0.2, -0.15) is 5.26 Å². The maximum Gasteiger partial charge on any atom is 0.289 e. The van der Waals surface area contributed by atoms with E-state index in [1.54, 1.807) is 12.1 Å². The summed E-state index contributed by atoms with van der Waals surface area (Å²) in [5.41, 5.74) is 1.36. The van der Waals surface area contributed by atoms with Gasteiger partial charge >= 0.3 is 0 Å². The summed E-state index contributed by atoms with van der Waals surface area (Å²) in [5.74, 6) is -0.694. The number of carbonyl (C=O) groups is 1. The molecule has 2 N–H and O–H groups in total. The van der Waals surface area contributed by atoms with E-state index in [1.807, 2.05) is 25.1 Å². The van der Waals surface area contributed by atoms with Crippen LogP contribution >= 0.6 is 11.6 Å². The number of nitriles is 1. The van der Waals surface area contributed by atoms with Crippen LogP contribution in [0, 0.1) is 28.4 Å². The molecule has 0 spiro atoms. The highest BCUT2D eigenvalue weighted by atomic mass is 35.5. The molecular formula is C17H13ClN4O3. The van der Waals surface area contributed by atoms with Crippen LogP contribution in [0.15, 0.2) is 54.2 Å². The smallest absolute Gasteiger partial charge is 0.289 e. The first-order chi connectivity index (χ1) is 11.9. The fourth-order valence-corrected chi connectivity index (χ4v) is 2.15. The van der Waals surface area contributed by atoms with Crippen molar-refractivity contribution < 1.29 is 9.72 Å². The Morgan fingerprint density at radius 1 is 1.32 bits per heavy atom. The second-order valence-electron chi connectivity index (χ2n) is 5.01. The minimum Gasteiger partial charge on any atom is -0.360 e. The molecule has 0 aliphatic rings. The molecule has 0 aliphatic heterocycles. The minimum absolute atomic E-state index is 0.0414. The van der Waals surface area contributed by atoms with Crippen molar-refractivity contribution in [2.45, 2.75) is 6.92 Å². The molecule has 0 radical (unpaired) electrons. The number of nitrogens with one attached hydrogen (secondary N) is 2. The predicted octanol–water partition coefficient (Wildman–Crippen LogP) is 4.01. The predicted molar refractivity (Wildman–Crippen MR) is 95.2 cm³/mol. The zero-order chi connectivity index (χ0) is 18.4. The summed E-state index contributed by atoms with van der Waals surface area (Å²) in [6.07, 6.45) is 1.28. The highest BCUT2D eigenvalue weighted by molar-refractivity contribution is 6.32. The van der Waals surface area contributed by atoms with Gasteiger partial charge in [0.25, 0.3) is 11.6 Å². The molecular weight excluding hydrogens is 344 g/mol. The number of benzene rings is 2. The van der Waals surface area contributed by atoms with E-state index in [0.717, 1.165) is 17.3 Å². The molecule has 0 aliphatic carbocycles. The van der Waals surface area contributed by atoms with Crippen molar-refractivity contribution in [3.63, 3.8) is 0 Å². The first-order valence-electron chi connectivity index (χ1n) is 7.10. The van der Waals surface area contributed by atoms with Crippen LogP contribution in [0.25, 0.3) is 0 Å². The van der Waals surface area contributed by atoms with E-state index < -0.39 is 10.8 Å². The van der Waals surface area contributed by atoms with Gasteiger partial charge in [0.05, 0.1) is 4.92 Å². The second kappa shape index (κ2) is 7.95. The zero-order valence-corrected chi connectivity index (χ0v) is 13.9. The number of hydrogen-bond acceptors (Lipinski definition) is 5. The standard InChI is InChI=1S/C17H13ClN4O3/c1-11-4-2-3-5-15(11)20-10-12(9-19)17(23)21-13-6-7-14(18)16(8-13)22(24)25/h2-8,10,20H,1H3,(H,21,23)/b12-10-. The van der Waals surface area contributed by atoms with Gasteiger partial charge in [0.1, 0.15) is 16.7 Å². The first-order valence-corrected chi connectivity index (χ1v) is 7.48. The topological polar surface area (TPSA) is 108 Å². The van der Waals surface area contributed by atoms with E-state index >= 15 is 0 Å². The number of halogens is 1. The molecule has 0 atom stereocenters. The van der Waals surface area contributed by atoms with Crippen molar-refractivity contribution in [3.8, 4) is 6.07 Å². The molecule has 7 nitrogen and oxygen atoms in total. The van der Waals surface area contributed by atoms with E-state index in [-0.39, 0.29) is 22.0 Å².